The molecule has 8 nitrogen and oxygen atoms in total. The molecule has 0 bridgehead atoms. The number of nitrogens with zero attached hydrogens (tertiary/aromatic N) is 3. The van der Waals surface area contributed by atoms with Crippen molar-refractivity contribution >= 4 is 21.5 Å². The number of hydrogen-bond acceptors (Lipinski definition) is 7. The Hall–Kier alpha value is -3.08. The second kappa shape index (κ2) is 8.96. The van der Waals surface area contributed by atoms with Crippen LogP contribution in [-0.4, -0.2) is 56.3 Å². The third kappa shape index (κ3) is 4.66. The van der Waals surface area contributed by atoms with E-state index in [9.17, 15) is 12.8 Å². The monoisotopic (exact) mass is 444 g/mol. The van der Waals surface area contributed by atoms with E-state index in [2.05, 4.69) is 15.5 Å². The Kier molecular flexibility index (Phi) is 6.12. The minimum atomic E-state index is -3.76. The third-order valence-electron chi connectivity index (χ3n) is 4.81. The van der Waals surface area contributed by atoms with Gasteiger partial charge < -0.3 is 14.8 Å². The van der Waals surface area contributed by atoms with Gasteiger partial charge in [0.15, 0.2) is 5.82 Å². The van der Waals surface area contributed by atoms with Gasteiger partial charge in [0.2, 0.25) is 10.0 Å². The van der Waals surface area contributed by atoms with E-state index in [1.54, 1.807) is 36.4 Å². The van der Waals surface area contributed by atoms with Gasteiger partial charge in [0.1, 0.15) is 16.5 Å². The van der Waals surface area contributed by atoms with Crippen LogP contribution in [0, 0.1) is 5.82 Å². The van der Waals surface area contributed by atoms with Crippen LogP contribution >= 0.6 is 0 Å². The van der Waals surface area contributed by atoms with Crippen molar-refractivity contribution in [3.8, 4) is 17.0 Å². The van der Waals surface area contributed by atoms with Crippen molar-refractivity contribution in [2.24, 2.45) is 0 Å². The fourth-order valence-corrected chi connectivity index (χ4v) is 4.82. The number of benzene rings is 2. The number of rotatable bonds is 6. The molecular formula is C21H21FN4O4S. The number of aromatic nitrogens is 2. The maximum absolute atomic E-state index is 13.3. The van der Waals surface area contributed by atoms with E-state index in [-0.39, 0.29) is 29.6 Å². The number of anilines is 2. The molecule has 1 aromatic heterocycles. The van der Waals surface area contributed by atoms with E-state index >= 15 is 0 Å². The highest BCUT2D eigenvalue weighted by atomic mass is 32.2. The van der Waals surface area contributed by atoms with Crippen LogP contribution in [0.3, 0.4) is 0 Å². The van der Waals surface area contributed by atoms with Crippen LogP contribution in [0.25, 0.3) is 11.3 Å². The van der Waals surface area contributed by atoms with E-state index in [1.165, 1.54) is 29.6 Å². The zero-order chi connectivity index (χ0) is 21.8. The molecule has 2 heterocycles. The number of sulfonamides is 1. The van der Waals surface area contributed by atoms with Crippen molar-refractivity contribution in [2.75, 3.05) is 38.7 Å². The number of methoxy groups -OCH3 is 1. The molecule has 0 radical (unpaired) electrons. The first kappa shape index (κ1) is 21.2. The van der Waals surface area contributed by atoms with Crippen LogP contribution in [0.15, 0.2) is 59.5 Å². The molecule has 0 unspecified atom stereocenters. The summed E-state index contributed by atoms with van der Waals surface area (Å²) < 4.78 is 51.6. The Labute approximate surface area is 179 Å². The first-order chi connectivity index (χ1) is 15.0. The Bertz CT molecular complexity index is 1170. The van der Waals surface area contributed by atoms with E-state index < -0.39 is 10.0 Å². The van der Waals surface area contributed by atoms with Crippen molar-refractivity contribution in [3.63, 3.8) is 0 Å². The molecule has 4 rings (SSSR count). The highest BCUT2D eigenvalue weighted by Crippen LogP contribution is 2.31. The van der Waals surface area contributed by atoms with E-state index in [0.717, 1.165) is 0 Å². The Morgan fingerprint density at radius 2 is 1.87 bits per heavy atom. The normalized spacial score (nSPS) is 14.9. The number of halogens is 1. The van der Waals surface area contributed by atoms with Gasteiger partial charge >= 0.3 is 0 Å². The fraction of sp³-hybridized carbons (Fsp3) is 0.238. The molecule has 31 heavy (non-hydrogen) atoms. The van der Waals surface area contributed by atoms with E-state index in [0.29, 0.717) is 36.0 Å². The lowest BCUT2D eigenvalue weighted by Crippen LogP contribution is -2.40. The van der Waals surface area contributed by atoms with Gasteiger partial charge in [0.25, 0.3) is 0 Å². The highest BCUT2D eigenvalue weighted by Gasteiger charge is 2.29. The summed E-state index contributed by atoms with van der Waals surface area (Å²) in [6, 6.07) is 14.3. The predicted molar refractivity (Wildman–Crippen MR) is 113 cm³/mol. The summed E-state index contributed by atoms with van der Waals surface area (Å²) in [5.41, 5.74) is 1.62. The second-order valence-electron chi connectivity index (χ2n) is 6.82. The highest BCUT2D eigenvalue weighted by molar-refractivity contribution is 7.89. The zero-order valence-corrected chi connectivity index (χ0v) is 17.6. The van der Waals surface area contributed by atoms with Crippen LogP contribution in [0.5, 0.6) is 5.75 Å². The third-order valence-corrected chi connectivity index (χ3v) is 6.73. The van der Waals surface area contributed by atoms with Crippen LogP contribution in [0.4, 0.5) is 15.9 Å². The van der Waals surface area contributed by atoms with Gasteiger partial charge in [-0.1, -0.05) is 6.07 Å². The summed E-state index contributed by atoms with van der Waals surface area (Å²) in [6.45, 7) is 1.28. The number of hydrogen-bond donors (Lipinski definition) is 1. The summed E-state index contributed by atoms with van der Waals surface area (Å²) in [6.07, 6.45) is 0. The molecule has 1 aliphatic rings. The van der Waals surface area contributed by atoms with Crippen LogP contribution in [-0.2, 0) is 14.8 Å². The first-order valence-electron chi connectivity index (χ1n) is 9.60. The maximum Gasteiger partial charge on any atom is 0.246 e. The molecule has 0 saturated carbocycles. The van der Waals surface area contributed by atoms with Crippen LogP contribution < -0.4 is 10.1 Å². The zero-order valence-electron chi connectivity index (χ0n) is 16.8. The van der Waals surface area contributed by atoms with E-state index in [1.807, 2.05) is 0 Å². The lowest BCUT2D eigenvalue weighted by Gasteiger charge is -2.26. The molecular weight excluding hydrogens is 423 g/mol. The van der Waals surface area contributed by atoms with Gasteiger partial charge in [-0.15, -0.1) is 10.2 Å². The number of morpholine rings is 1. The molecule has 1 N–H and O–H groups in total. The topological polar surface area (TPSA) is 93.7 Å². The molecule has 0 aliphatic carbocycles. The average Bonchev–Trinajstić information content (AvgIpc) is 2.80. The summed E-state index contributed by atoms with van der Waals surface area (Å²) >= 11 is 0. The van der Waals surface area contributed by atoms with Crippen LogP contribution in [0.1, 0.15) is 0 Å². The smallest absolute Gasteiger partial charge is 0.246 e. The SMILES string of the molecule is COc1ccc(-c2ccc(Nc3cccc(F)c3)nn2)cc1S(=O)(=O)N1CCOCC1. The van der Waals surface area contributed by atoms with Gasteiger partial charge in [-0.3, -0.25) is 0 Å². The average molecular weight is 444 g/mol. The fourth-order valence-electron chi connectivity index (χ4n) is 3.23. The second-order valence-corrected chi connectivity index (χ2v) is 8.73. The minimum absolute atomic E-state index is 0.0677. The minimum Gasteiger partial charge on any atom is -0.495 e. The van der Waals surface area contributed by atoms with Gasteiger partial charge in [0, 0.05) is 24.3 Å². The number of nitrogens with one attached hydrogen (secondary N) is 1. The van der Waals surface area contributed by atoms with Crippen molar-refractivity contribution in [2.45, 2.75) is 4.90 Å². The first-order valence-corrected chi connectivity index (χ1v) is 11.0. The van der Waals surface area contributed by atoms with Crippen molar-refractivity contribution in [1.82, 2.24) is 14.5 Å². The Morgan fingerprint density at radius 1 is 1.06 bits per heavy atom. The largest absolute Gasteiger partial charge is 0.495 e. The van der Waals surface area contributed by atoms with Crippen molar-refractivity contribution in [3.05, 3.63) is 60.4 Å². The molecule has 1 fully saturated rings. The van der Waals surface area contributed by atoms with Gasteiger partial charge in [-0.2, -0.15) is 4.31 Å². The molecule has 0 amide bonds. The lowest BCUT2D eigenvalue weighted by atomic mass is 10.1. The molecule has 162 valence electrons. The Morgan fingerprint density at radius 3 is 2.55 bits per heavy atom. The van der Waals surface area contributed by atoms with E-state index in [4.69, 9.17) is 9.47 Å². The quantitative estimate of drug-likeness (QED) is 0.625. The summed E-state index contributed by atoms with van der Waals surface area (Å²) in [7, 11) is -2.33. The molecule has 2 aromatic carbocycles. The van der Waals surface area contributed by atoms with Gasteiger partial charge in [0.05, 0.1) is 26.0 Å². The predicted octanol–water partition coefficient (Wildman–Crippen LogP) is 3.06. The molecule has 1 saturated heterocycles. The van der Waals surface area contributed by atoms with Crippen LogP contribution in [0.2, 0.25) is 0 Å². The molecule has 0 spiro atoms. The van der Waals surface area contributed by atoms with Gasteiger partial charge in [-0.25, -0.2) is 12.8 Å². The Balaban J connectivity index is 1.62. The van der Waals surface area contributed by atoms with Crippen molar-refractivity contribution < 1.29 is 22.3 Å². The molecule has 0 atom stereocenters. The summed E-state index contributed by atoms with van der Waals surface area (Å²) in [5, 5.41) is 11.3. The van der Waals surface area contributed by atoms with Gasteiger partial charge in [-0.05, 0) is 48.5 Å². The number of ether oxygens (including phenoxy) is 2. The molecule has 1 aliphatic heterocycles. The molecule has 3 aromatic rings. The maximum atomic E-state index is 13.3. The van der Waals surface area contributed by atoms with Crippen molar-refractivity contribution in [1.29, 1.82) is 0 Å². The standard InChI is InChI=1S/C21H21FN4O4S/c1-29-19-7-5-15(13-20(19)31(27,28)26-9-11-30-12-10-26)18-6-8-21(25-24-18)23-17-4-2-3-16(22)14-17/h2-8,13-14H,9-12H2,1H3,(H,23,25). The lowest BCUT2D eigenvalue weighted by molar-refractivity contribution is 0.0729. The summed E-state index contributed by atoms with van der Waals surface area (Å²) in [4.78, 5) is 0.0677. The summed E-state index contributed by atoms with van der Waals surface area (Å²) in [5.74, 6) is 0.332. The molecule has 10 heteroatoms.